The molecule has 80 valence electrons. The van der Waals surface area contributed by atoms with Gasteiger partial charge in [-0.25, -0.2) is 0 Å². The van der Waals surface area contributed by atoms with Crippen LogP contribution in [0.2, 0.25) is 0 Å². The van der Waals surface area contributed by atoms with Gasteiger partial charge in [0.25, 0.3) is 0 Å². The first kappa shape index (κ1) is 11.5. The Kier molecular flexibility index (Phi) is 4.90. The Morgan fingerprint density at radius 1 is 1.43 bits per heavy atom. The zero-order chi connectivity index (χ0) is 10.4. The predicted molar refractivity (Wildman–Crippen MR) is 53.4 cm³/mol. The number of ether oxygens (including phenoxy) is 1. The molecule has 1 aromatic heterocycles. The minimum absolute atomic E-state index is 0.229. The summed E-state index contributed by atoms with van der Waals surface area (Å²) in [5.41, 5.74) is 0. The molecule has 0 spiro atoms. The van der Waals surface area contributed by atoms with Crippen LogP contribution in [0, 0.1) is 0 Å². The first-order valence-corrected chi connectivity index (χ1v) is 5.21. The molecule has 14 heavy (non-hydrogen) atoms. The number of halogens is 1. The van der Waals surface area contributed by atoms with Crippen molar-refractivity contribution in [2.45, 2.75) is 32.1 Å². The fourth-order valence-corrected chi connectivity index (χ4v) is 1.02. The van der Waals surface area contributed by atoms with Crippen LogP contribution >= 0.6 is 11.6 Å². The molecule has 0 aliphatic carbocycles. The first-order chi connectivity index (χ1) is 6.74. The van der Waals surface area contributed by atoms with Crippen LogP contribution in [-0.4, -0.2) is 23.4 Å². The second-order valence-electron chi connectivity index (χ2n) is 3.01. The average molecular weight is 219 g/mol. The maximum Gasteiger partial charge on any atom is 0.234 e. The van der Waals surface area contributed by atoms with E-state index in [1.807, 2.05) is 0 Å². The van der Waals surface area contributed by atoms with Crippen molar-refractivity contribution in [2.24, 2.45) is 0 Å². The first-order valence-electron chi connectivity index (χ1n) is 4.78. The van der Waals surface area contributed by atoms with E-state index in [2.05, 4.69) is 17.1 Å². The van der Waals surface area contributed by atoms with Gasteiger partial charge in [0.05, 0.1) is 6.61 Å². The van der Waals surface area contributed by atoms with E-state index in [0.717, 1.165) is 13.0 Å². The summed E-state index contributed by atoms with van der Waals surface area (Å²) in [6.07, 6.45) is 1.67. The van der Waals surface area contributed by atoms with Crippen molar-refractivity contribution in [2.75, 3.05) is 13.2 Å². The Hall–Kier alpha value is -0.610. The summed E-state index contributed by atoms with van der Waals surface area (Å²) in [6, 6.07) is 0. The lowest BCUT2D eigenvalue weighted by Gasteiger charge is -1.98. The Morgan fingerprint density at radius 2 is 2.21 bits per heavy atom. The van der Waals surface area contributed by atoms with E-state index < -0.39 is 0 Å². The summed E-state index contributed by atoms with van der Waals surface area (Å²) in [7, 11) is 0. The van der Waals surface area contributed by atoms with Crippen molar-refractivity contribution in [3.05, 3.63) is 11.8 Å². The molecule has 0 amide bonds. The molecule has 1 aromatic rings. The molecule has 5 heteroatoms. The predicted octanol–water partition coefficient (Wildman–Crippen LogP) is 2.34. The second-order valence-corrected chi connectivity index (χ2v) is 3.67. The summed E-state index contributed by atoms with van der Waals surface area (Å²) in [4.78, 5) is 0. The van der Waals surface area contributed by atoms with Gasteiger partial charge in [-0.2, -0.15) is 0 Å². The Bertz CT molecular complexity index is 263. The van der Waals surface area contributed by atoms with E-state index in [1.165, 1.54) is 0 Å². The maximum absolute atomic E-state index is 5.77. The lowest BCUT2D eigenvalue weighted by atomic mass is 10.4. The van der Waals surface area contributed by atoms with Crippen LogP contribution < -0.4 is 0 Å². The molecule has 1 unspecified atom stereocenters. The molecular formula is C9H15ClN2O2. The largest absolute Gasteiger partial charge is 0.424 e. The average Bonchev–Trinajstić information content (AvgIpc) is 2.61. The van der Waals surface area contributed by atoms with Gasteiger partial charge in [0.2, 0.25) is 11.8 Å². The number of hydrogen-bond acceptors (Lipinski definition) is 4. The van der Waals surface area contributed by atoms with Crippen LogP contribution in [0.25, 0.3) is 0 Å². The van der Waals surface area contributed by atoms with Gasteiger partial charge in [0.1, 0.15) is 5.38 Å². The van der Waals surface area contributed by atoms with Crippen molar-refractivity contribution < 1.29 is 9.15 Å². The van der Waals surface area contributed by atoms with E-state index in [-0.39, 0.29) is 5.38 Å². The Labute approximate surface area is 88.6 Å². The van der Waals surface area contributed by atoms with Crippen LogP contribution in [0.15, 0.2) is 4.42 Å². The van der Waals surface area contributed by atoms with Crippen LogP contribution in [0.4, 0.5) is 0 Å². The van der Waals surface area contributed by atoms with Gasteiger partial charge in [0, 0.05) is 13.0 Å². The van der Waals surface area contributed by atoms with Gasteiger partial charge in [-0.05, 0) is 13.3 Å². The normalized spacial score (nSPS) is 13.1. The Morgan fingerprint density at radius 3 is 2.79 bits per heavy atom. The van der Waals surface area contributed by atoms with Gasteiger partial charge in [-0.15, -0.1) is 21.8 Å². The molecule has 0 bridgehead atoms. The highest BCUT2D eigenvalue weighted by molar-refractivity contribution is 6.20. The lowest BCUT2D eigenvalue weighted by Crippen LogP contribution is -1.99. The van der Waals surface area contributed by atoms with E-state index in [0.29, 0.717) is 24.8 Å². The van der Waals surface area contributed by atoms with Crippen LogP contribution in [0.3, 0.4) is 0 Å². The number of aromatic nitrogens is 2. The molecule has 1 heterocycles. The number of rotatable bonds is 6. The molecule has 0 N–H and O–H groups in total. The van der Waals surface area contributed by atoms with E-state index in [1.54, 1.807) is 6.92 Å². The SMILES string of the molecule is CCCOCCc1nnc(C(C)Cl)o1. The Balaban J connectivity index is 2.29. The van der Waals surface area contributed by atoms with Crippen molar-refractivity contribution in [3.8, 4) is 0 Å². The molecular weight excluding hydrogens is 204 g/mol. The third kappa shape index (κ3) is 3.64. The van der Waals surface area contributed by atoms with Crippen LogP contribution in [-0.2, 0) is 11.2 Å². The zero-order valence-electron chi connectivity index (χ0n) is 8.49. The summed E-state index contributed by atoms with van der Waals surface area (Å²) >= 11 is 5.77. The smallest absolute Gasteiger partial charge is 0.234 e. The molecule has 0 aliphatic heterocycles. The minimum atomic E-state index is -0.229. The number of hydrogen-bond donors (Lipinski definition) is 0. The summed E-state index contributed by atoms with van der Waals surface area (Å²) < 4.78 is 10.6. The zero-order valence-corrected chi connectivity index (χ0v) is 9.25. The van der Waals surface area contributed by atoms with Crippen molar-refractivity contribution in [1.29, 1.82) is 0 Å². The summed E-state index contributed by atoms with van der Waals surface area (Å²) in [5, 5.41) is 7.44. The van der Waals surface area contributed by atoms with Crippen molar-refractivity contribution in [1.82, 2.24) is 10.2 Å². The van der Waals surface area contributed by atoms with Crippen molar-refractivity contribution >= 4 is 11.6 Å². The van der Waals surface area contributed by atoms with E-state index >= 15 is 0 Å². The lowest BCUT2D eigenvalue weighted by molar-refractivity contribution is 0.133. The minimum Gasteiger partial charge on any atom is -0.424 e. The quantitative estimate of drug-likeness (QED) is 0.543. The van der Waals surface area contributed by atoms with Gasteiger partial charge in [-0.3, -0.25) is 0 Å². The third-order valence-corrected chi connectivity index (χ3v) is 1.82. The van der Waals surface area contributed by atoms with Gasteiger partial charge in [-0.1, -0.05) is 6.92 Å². The molecule has 0 fully saturated rings. The highest BCUT2D eigenvalue weighted by Gasteiger charge is 2.10. The number of nitrogens with zero attached hydrogens (tertiary/aromatic N) is 2. The highest BCUT2D eigenvalue weighted by atomic mass is 35.5. The fourth-order valence-electron chi connectivity index (χ4n) is 0.934. The topological polar surface area (TPSA) is 48.2 Å². The highest BCUT2D eigenvalue weighted by Crippen LogP contribution is 2.17. The molecule has 0 aromatic carbocycles. The van der Waals surface area contributed by atoms with E-state index in [4.69, 9.17) is 20.8 Å². The molecule has 1 atom stereocenters. The molecule has 0 saturated heterocycles. The fraction of sp³-hybridized carbons (Fsp3) is 0.778. The van der Waals surface area contributed by atoms with Crippen molar-refractivity contribution in [3.63, 3.8) is 0 Å². The molecule has 0 aliphatic rings. The van der Waals surface area contributed by atoms with Gasteiger partial charge in [0.15, 0.2) is 0 Å². The standard InChI is InChI=1S/C9H15ClN2O2/c1-3-5-13-6-4-8-11-12-9(14-8)7(2)10/h7H,3-6H2,1-2H3. The number of alkyl halides is 1. The summed E-state index contributed by atoms with van der Waals surface area (Å²) in [6.45, 7) is 5.26. The maximum atomic E-state index is 5.77. The van der Waals surface area contributed by atoms with E-state index in [9.17, 15) is 0 Å². The molecule has 1 rings (SSSR count). The molecule has 0 saturated carbocycles. The van der Waals surface area contributed by atoms with Crippen LogP contribution in [0.1, 0.15) is 37.4 Å². The van der Waals surface area contributed by atoms with Gasteiger partial charge < -0.3 is 9.15 Å². The van der Waals surface area contributed by atoms with Crippen LogP contribution in [0.5, 0.6) is 0 Å². The third-order valence-electron chi connectivity index (χ3n) is 1.63. The second kappa shape index (κ2) is 5.98. The molecule has 4 nitrogen and oxygen atoms in total. The monoisotopic (exact) mass is 218 g/mol. The van der Waals surface area contributed by atoms with Gasteiger partial charge >= 0.3 is 0 Å². The summed E-state index contributed by atoms with van der Waals surface area (Å²) in [5.74, 6) is 1.06. The molecule has 0 radical (unpaired) electrons.